The number of hydrogen-bond acceptors (Lipinski definition) is 4. The number of halogens is 3. The number of aliphatic hydroxyl groups excluding tert-OH is 1. The van der Waals surface area contributed by atoms with Gasteiger partial charge in [-0.25, -0.2) is 8.78 Å². The van der Waals surface area contributed by atoms with Crippen molar-refractivity contribution in [3.05, 3.63) is 34.6 Å². The number of aromatic nitrogens is 2. The van der Waals surface area contributed by atoms with E-state index in [0.717, 1.165) is 4.47 Å². The van der Waals surface area contributed by atoms with Crippen molar-refractivity contribution in [1.82, 2.24) is 10.1 Å². The molecule has 0 aliphatic rings. The predicted molar refractivity (Wildman–Crippen MR) is 63.1 cm³/mol. The van der Waals surface area contributed by atoms with Crippen LogP contribution in [-0.4, -0.2) is 27.8 Å². The minimum absolute atomic E-state index is 0.0132. The first kappa shape index (κ1) is 13.1. The molecule has 4 nitrogen and oxygen atoms in total. The van der Waals surface area contributed by atoms with Crippen LogP contribution in [0.3, 0.4) is 0 Å². The second-order valence-electron chi connectivity index (χ2n) is 3.62. The Hall–Kier alpha value is -1.34. The molecule has 1 atom stereocenters. The van der Waals surface area contributed by atoms with Gasteiger partial charge in [-0.3, -0.25) is 0 Å². The second kappa shape index (κ2) is 5.53. The molecule has 2 aromatic rings. The second-order valence-corrected chi connectivity index (χ2v) is 4.54. The fourth-order valence-corrected chi connectivity index (χ4v) is 1.59. The lowest BCUT2D eigenvalue weighted by Crippen LogP contribution is -2.20. The highest BCUT2D eigenvalue weighted by atomic mass is 79.9. The standard InChI is InChI=1S/C11H9BrF2N2O2/c12-7-3-1-6(2-4-7)11-15-9(18-16-11)5-8(17)10(13)14/h1-4,8,10,17H,5H2. The zero-order chi connectivity index (χ0) is 13.1. The van der Waals surface area contributed by atoms with E-state index in [1.807, 2.05) is 0 Å². The number of benzene rings is 1. The lowest BCUT2D eigenvalue weighted by atomic mass is 10.2. The molecule has 0 aliphatic heterocycles. The van der Waals surface area contributed by atoms with Gasteiger partial charge in [0.1, 0.15) is 6.10 Å². The van der Waals surface area contributed by atoms with Crippen LogP contribution in [0.5, 0.6) is 0 Å². The van der Waals surface area contributed by atoms with Gasteiger partial charge in [-0.1, -0.05) is 21.1 Å². The average molecular weight is 319 g/mol. The zero-order valence-corrected chi connectivity index (χ0v) is 10.6. The van der Waals surface area contributed by atoms with E-state index in [1.165, 1.54) is 0 Å². The Morgan fingerprint density at radius 3 is 2.56 bits per heavy atom. The Morgan fingerprint density at radius 2 is 1.94 bits per heavy atom. The molecule has 0 radical (unpaired) electrons. The third-order valence-electron chi connectivity index (χ3n) is 2.25. The third kappa shape index (κ3) is 3.11. The van der Waals surface area contributed by atoms with E-state index in [9.17, 15) is 8.78 Å². The first-order chi connectivity index (χ1) is 8.56. The molecule has 0 aliphatic carbocycles. The summed E-state index contributed by atoms with van der Waals surface area (Å²) < 4.78 is 30.0. The summed E-state index contributed by atoms with van der Waals surface area (Å²) in [6, 6.07) is 7.14. The van der Waals surface area contributed by atoms with Gasteiger partial charge in [-0.05, 0) is 24.3 Å². The lowest BCUT2D eigenvalue weighted by molar-refractivity contribution is -0.00754. The zero-order valence-electron chi connectivity index (χ0n) is 9.05. The Morgan fingerprint density at radius 1 is 1.28 bits per heavy atom. The number of rotatable bonds is 4. The van der Waals surface area contributed by atoms with Gasteiger partial charge in [0.05, 0.1) is 6.42 Å². The summed E-state index contributed by atoms with van der Waals surface area (Å²) in [6.07, 6.45) is -4.97. The van der Waals surface area contributed by atoms with Crippen molar-refractivity contribution >= 4 is 15.9 Å². The minimum Gasteiger partial charge on any atom is -0.387 e. The number of hydrogen-bond donors (Lipinski definition) is 1. The quantitative estimate of drug-likeness (QED) is 0.941. The van der Waals surface area contributed by atoms with Gasteiger partial charge in [0.25, 0.3) is 6.43 Å². The molecule has 1 aromatic carbocycles. The first-order valence-corrected chi connectivity index (χ1v) is 5.90. The topological polar surface area (TPSA) is 59.2 Å². The summed E-state index contributed by atoms with van der Waals surface area (Å²) in [6.45, 7) is 0. The van der Waals surface area contributed by atoms with E-state index < -0.39 is 12.5 Å². The number of nitrogens with zero attached hydrogens (tertiary/aromatic N) is 2. The van der Waals surface area contributed by atoms with E-state index in [4.69, 9.17) is 9.63 Å². The fourth-order valence-electron chi connectivity index (χ4n) is 1.32. The lowest BCUT2D eigenvalue weighted by Gasteiger charge is -2.04. The Bertz CT molecular complexity index is 516. The molecule has 0 saturated carbocycles. The monoisotopic (exact) mass is 318 g/mol. The molecule has 1 N–H and O–H groups in total. The molecule has 0 spiro atoms. The van der Waals surface area contributed by atoms with Crippen molar-refractivity contribution < 1.29 is 18.4 Å². The van der Waals surface area contributed by atoms with Gasteiger partial charge in [0, 0.05) is 10.0 Å². The molecule has 0 fully saturated rings. The summed E-state index contributed by atoms with van der Waals surface area (Å²) >= 11 is 3.29. The van der Waals surface area contributed by atoms with Crippen molar-refractivity contribution in [2.45, 2.75) is 19.0 Å². The molecule has 18 heavy (non-hydrogen) atoms. The van der Waals surface area contributed by atoms with Crippen LogP contribution in [-0.2, 0) is 6.42 Å². The van der Waals surface area contributed by atoms with E-state index in [0.29, 0.717) is 11.4 Å². The summed E-state index contributed by atoms with van der Waals surface area (Å²) in [5.74, 6) is 0.291. The average Bonchev–Trinajstić information content (AvgIpc) is 2.78. The number of aliphatic hydroxyl groups is 1. The van der Waals surface area contributed by atoms with Gasteiger partial charge in [0.2, 0.25) is 11.7 Å². The Labute approximate surface area is 110 Å². The molecule has 2 rings (SSSR count). The van der Waals surface area contributed by atoms with Gasteiger partial charge >= 0.3 is 0 Å². The van der Waals surface area contributed by atoms with Crippen molar-refractivity contribution in [2.24, 2.45) is 0 Å². The smallest absolute Gasteiger partial charge is 0.264 e. The largest absolute Gasteiger partial charge is 0.387 e. The fraction of sp³-hybridized carbons (Fsp3) is 0.273. The summed E-state index contributed by atoms with van der Waals surface area (Å²) in [7, 11) is 0. The van der Waals surface area contributed by atoms with Gasteiger partial charge in [-0.2, -0.15) is 4.98 Å². The maximum atomic E-state index is 12.1. The molecule has 0 saturated heterocycles. The van der Waals surface area contributed by atoms with Crippen LogP contribution < -0.4 is 0 Å². The predicted octanol–water partition coefficient (Wildman–Crippen LogP) is 2.67. The Balaban J connectivity index is 2.13. The van der Waals surface area contributed by atoms with Gasteiger partial charge in [-0.15, -0.1) is 0 Å². The number of alkyl halides is 2. The van der Waals surface area contributed by atoms with Crippen molar-refractivity contribution in [1.29, 1.82) is 0 Å². The molecular weight excluding hydrogens is 310 g/mol. The van der Waals surface area contributed by atoms with Crippen molar-refractivity contribution in [2.75, 3.05) is 0 Å². The highest BCUT2D eigenvalue weighted by Crippen LogP contribution is 2.19. The summed E-state index contributed by atoms with van der Waals surface area (Å²) in [5, 5.41) is 12.7. The normalized spacial score (nSPS) is 12.9. The van der Waals surface area contributed by atoms with Crippen LogP contribution in [0.1, 0.15) is 5.89 Å². The Kier molecular flexibility index (Phi) is 4.03. The molecular formula is C11H9BrF2N2O2. The van der Waals surface area contributed by atoms with Crippen LogP contribution >= 0.6 is 15.9 Å². The third-order valence-corrected chi connectivity index (χ3v) is 2.77. The highest BCUT2D eigenvalue weighted by molar-refractivity contribution is 9.10. The molecule has 0 amide bonds. The van der Waals surface area contributed by atoms with E-state index >= 15 is 0 Å². The molecule has 1 aromatic heterocycles. The summed E-state index contributed by atoms with van der Waals surface area (Å²) in [5.41, 5.74) is 0.708. The molecule has 1 heterocycles. The molecule has 1 unspecified atom stereocenters. The van der Waals surface area contributed by atoms with Gasteiger partial charge < -0.3 is 9.63 Å². The highest BCUT2D eigenvalue weighted by Gasteiger charge is 2.20. The first-order valence-electron chi connectivity index (χ1n) is 5.11. The maximum Gasteiger partial charge on any atom is 0.264 e. The molecule has 96 valence electrons. The molecule has 0 bridgehead atoms. The van der Waals surface area contributed by atoms with Crippen LogP contribution in [0, 0.1) is 0 Å². The van der Waals surface area contributed by atoms with Crippen LogP contribution in [0.4, 0.5) is 8.78 Å². The van der Waals surface area contributed by atoms with Crippen LogP contribution in [0.2, 0.25) is 0 Å². The molecule has 7 heteroatoms. The van der Waals surface area contributed by atoms with Crippen LogP contribution in [0.25, 0.3) is 11.4 Å². The van der Waals surface area contributed by atoms with Crippen molar-refractivity contribution in [3.63, 3.8) is 0 Å². The van der Waals surface area contributed by atoms with Crippen LogP contribution in [0.15, 0.2) is 33.3 Å². The minimum atomic E-state index is -2.83. The summed E-state index contributed by atoms with van der Waals surface area (Å²) in [4.78, 5) is 3.95. The maximum absolute atomic E-state index is 12.1. The van der Waals surface area contributed by atoms with E-state index in [2.05, 4.69) is 26.1 Å². The van der Waals surface area contributed by atoms with Crippen molar-refractivity contribution in [3.8, 4) is 11.4 Å². The van der Waals surface area contributed by atoms with E-state index in [1.54, 1.807) is 24.3 Å². The van der Waals surface area contributed by atoms with E-state index in [-0.39, 0.29) is 12.3 Å². The van der Waals surface area contributed by atoms with Gasteiger partial charge in [0.15, 0.2) is 0 Å². The SMILES string of the molecule is OC(Cc1nc(-c2ccc(Br)cc2)no1)C(F)F.